The molecule has 0 amide bonds. The number of rotatable bonds is 5. The summed E-state index contributed by atoms with van der Waals surface area (Å²) in [6.07, 6.45) is 0. The molecule has 2 heterocycles. The summed E-state index contributed by atoms with van der Waals surface area (Å²) in [6.45, 7) is 15.7. The molecule has 272 valence electrons. The maximum absolute atomic E-state index is 16.2. The topological polar surface area (TPSA) is 66.2 Å². The lowest BCUT2D eigenvalue weighted by atomic mass is 9.98. The Morgan fingerprint density at radius 3 is 1.39 bits per heavy atom. The zero-order valence-electron chi connectivity index (χ0n) is 31.1. The van der Waals surface area contributed by atoms with Crippen molar-refractivity contribution in [2.45, 2.75) is 0 Å². The number of aromatic nitrogens is 2. The summed E-state index contributed by atoms with van der Waals surface area (Å²) in [5.74, 6) is -0.564. The summed E-state index contributed by atoms with van der Waals surface area (Å²) < 4.78 is 20.3. The first-order valence-corrected chi connectivity index (χ1v) is 18.8. The molecule has 0 radical (unpaired) electrons. The minimum absolute atomic E-state index is 0.199. The van der Waals surface area contributed by atoms with Gasteiger partial charge in [-0.15, -0.1) is 0 Å². The second kappa shape index (κ2) is 13.8. The highest BCUT2D eigenvalue weighted by atomic mass is 19.1. The van der Waals surface area contributed by atoms with E-state index in [-0.39, 0.29) is 11.1 Å². The van der Waals surface area contributed by atoms with Crippen molar-refractivity contribution in [3.05, 3.63) is 204 Å². The average molecular weight is 755 g/mol. The van der Waals surface area contributed by atoms with Crippen molar-refractivity contribution in [1.82, 2.24) is 9.13 Å². The van der Waals surface area contributed by atoms with Crippen LogP contribution in [0.3, 0.4) is 0 Å². The van der Waals surface area contributed by atoms with Gasteiger partial charge < -0.3 is 9.13 Å². The molecule has 8 aromatic carbocycles. The fraction of sp³-hybridized carbons (Fsp3) is 0. The van der Waals surface area contributed by atoms with E-state index in [1.54, 1.807) is 24.3 Å². The van der Waals surface area contributed by atoms with Crippen LogP contribution in [0.2, 0.25) is 0 Å². The van der Waals surface area contributed by atoms with Gasteiger partial charge in [0.05, 0.1) is 58.2 Å². The third kappa shape index (κ3) is 5.43. The van der Waals surface area contributed by atoms with Gasteiger partial charge in [-0.2, -0.15) is 10.5 Å². The van der Waals surface area contributed by atoms with E-state index >= 15 is 4.39 Å². The third-order valence-corrected chi connectivity index (χ3v) is 11.1. The summed E-state index contributed by atoms with van der Waals surface area (Å²) in [4.78, 5) is 7.59. The average Bonchev–Trinajstić information content (AvgIpc) is 3.80. The molecule has 0 aliphatic heterocycles. The first kappa shape index (κ1) is 34.7. The predicted molar refractivity (Wildman–Crippen MR) is 233 cm³/mol. The first-order chi connectivity index (χ1) is 29.0. The number of hydrogen-bond acceptors (Lipinski definition) is 2. The lowest BCUT2D eigenvalue weighted by Gasteiger charge is -2.19. The SMILES string of the molecule is [C-]#[N+]c1ccccc1-c1ccc2c3ccccc3n(-c3cc(-c4ccc(C#N)cc4F)cc(-n4c5ccccc5c5ccc(-c6ccccc6[N+]#[C-])cc54)c3C#N)c2c1. The number of halogens is 1. The number of benzene rings is 8. The summed E-state index contributed by atoms with van der Waals surface area (Å²) >= 11 is 0. The second-order valence-corrected chi connectivity index (χ2v) is 14.2. The summed E-state index contributed by atoms with van der Waals surface area (Å²) in [6, 6.07) is 56.0. The number of fused-ring (bicyclic) bond motifs is 6. The van der Waals surface area contributed by atoms with E-state index in [1.807, 2.05) is 115 Å². The molecule has 0 atom stereocenters. The molecule has 10 aromatic rings. The van der Waals surface area contributed by atoms with Crippen molar-refractivity contribution >= 4 is 55.0 Å². The minimum atomic E-state index is -0.564. The van der Waals surface area contributed by atoms with Gasteiger partial charge in [-0.05, 0) is 76.3 Å². The lowest BCUT2D eigenvalue weighted by Crippen LogP contribution is -2.05. The molecule has 0 bridgehead atoms. The van der Waals surface area contributed by atoms with Crippen LogP contribution in [0.1, 0.15) is 11.1 Å². The Kier molecular flexibility index (Phi) is 8.10. The van der Waals surface area contributed by atoms with Crippen LogP contribution in [-0.2, 0) is 0 Å². The highest BCUT2D eigenvalue weighted by Gasteiger charge is 2.24. The van der Waals surface area contributed by atoms with Crippen LogP contribution in [0.4, 0.5) is 15.8 Å². The standard InChI is InChI=1S/C52H27FN6/c1-56-45-15-7-3-11-37(45)33-20-23-41-39-13-5-9-17-47(39)58(49(41)26-33)51-28-35(36-22-19-32(30-54)25-44(36)53)29-52(43(51)31-55)59-48-18-10-6-14-40(48)42-24-21-34(27-50(42)59)38-12-4-8-16-46(38)57-2/h3-29H. The zero-order chi connectivity index (χ0) is 40.2. The van der Waals surface area contributed by atoms with E-state index in [2.05, 4.69) is 49.2 Å². The maximum atomic E-state index is 16.2. The molecule has 0 fully saturated rings. The van der Waals surface area contributed by atoms with Gasteiger partial charge in [-0.3, -0.25) is 0 Å². The molecule has 0 saturated carbocycles. The fourth-order valence-corrected chi connectivity index (χ4v) is 8.48. The van der Waals surface area contributed by atoms with Crippen LogP contribution in [0.15, 0.2) is 164 Å². The molecule has 0 aliphatic carbocycles. The fourth-order valence-electron chi connectivity index (χ4n) is 8.48. The Balaban J connectivity index is 1.35. The van der Waals surface area contributed by atoms with Crippen molar-refractivity contribution < 1.29 is 4.39 Å². The van der Waals surface area contributed by atoms with Crippen molar-refractivity contribution in [1.29, 1.82) is 10.5 Å². The number of nitriles is 2. The van der Waals surface area contributed by atoms with Gasteiger partial charge in [0.1, 0.15) is 17.4 Å². The molecule has 10 rings (SSSR count). The number of hydrogen-bond donors (Lipinski definition) is 0. The van der Waals surface area contributed by atoms with E-state index in [9.17, 15) is 10.5 Å². The van der Waals surface area contributed by atoms with Gasteiger partial charge >= 0.3 is 0 Å². The molecule has 2 aromatic heterocycles. The molecule has 59 heavy (non-hydrogen) atoms. The largest absolute Gasteiger partial charge is 0.308 e. The van der Waals surface area contributed by atoms with Crippen LogP contribution in [-0.4, -0.2) is 9.13 Å². The van der Waals surface area contributed by atoms with Crippen LogP contribution in [0.25, 0.3) is 98.1 Å². The molecule has 0 aliphatic rings. The Bertz CT molecular complexity index is 3380. The van der Waals surface area contributed by atoms with Gasteiger partial charge in [0.25, 0.3) is 0 Å². The summed E-state index contributed by atoms with van der Waals surface area (Å²) in [7, 11) is 0. The zero-order valence-corrected chi connectivity index (χ0v) is 31.1. The van der Waals surface area contributed by atoms with E-state index in [0.717, 1.165) is 65.9 Å². The highest BCUT2D eigenvalue weighted by Crippen LogP contribution is 2.43. The molecule has 7 heteroatoms. The minimum Gasteiger partial charge on any atom is -0.308 e. The maximum Gasteiger partial charge on any atom is 0.194 e. The van der Waals surface area contributed by atoms with E-state index in [0.29, 0.717) is 33.9 Å². The van der Waals surface area contributed by atoms with Crippen LogP contribution < -0.4 is 0 Å². The predicted octanol–water partition coefficient (Wildman–Crippen LogP) is 13.9. The van der Waals surface area contributed by atoms with Crippen molar-refractivity contribution in [3.8, 4) is 56.9 Å². The van der Waals surface area contributed by atoms with E-state index in [1.165, 1.54) is 6.07 Å². The smallest absolute Gasteiger partial charge is 0.194 e. The Morgan fingerprint density at radius 1 is 0.441 bits per heavy atom. The Hall–Kier alpha value is -8.75. The molecular formula is C52H27FN6. The molecule has 0 spiro atoms. The van der Waals surface area contributed by atoms with Gasteiger partial charge in [-0.1, -0.05) is 115 Å². The third-order valence-electron chi connectivity index (χ3n) is 11.1. The molecule has 6 nitrogen and oxygen atoms in total. The van der Waals surface area contributed by atoms with Crippen LogP contribution in [0.5, 0.6) is 0 Å². The van der Waals surface area contributed by atoms with Gasteiger partial charge in [0.2, 0.25) is 0 Å². The molecule has 0 N–H and O–H groups in total. The monoisotopic (exact) mass is 754 g/mol. The second-order valence-electron chi connectivity index (χ2n) is 14.2. The van der Waals surface area contributed by atoms with Crippen LogP contribution in [0, 0.1) is 41.6 Å². The van der Waals surface area contributed by atoms with Gasteiger partial charge in [0.15, 0.2) is 11.4 Å². The van der Waals surface area contributed by atoms with Crippen LogP contribution >= 0.6 is 0 Å². The Morgan fingerprint density at radius 2 is 0.915 bits per heavy atom. The number of nitrogens with zero attached hydrogens (tertiary/aromatic N) is 6. The Labute approximate surface area is 338 Å². The van der Waals surface area contributed by atoms with Crippen molar-refractivity contribution in [2.75, 3.05) is 0 Å². The van der Waals surface area contributed by atoms with E-state index < -0.39 is 5.82 Å². The van der Waals surface area contributed by atoms with Gasteiger partial charge in [0, 0.05) is 27.1 Å². The van der Waals surface area contributed by atoms with Crippen molar-refractivity contribution in [3.63, 3.8) is 0 Å². The summed E-state index contributed by atoms with van der Waals surface area (Å²) in [5, 5.41) is 24.9. The molecule has 0 unspecified atom stereocenters. The lowest BCUT2D eigenvalue weighted by molar-refractivity contribution is 0.631. The summed E-state index contributed by atoms with van der Waals surface area (Å²) in [5.41, 5.74) is 10.0. The van der Waals surface area contributed by atoms with Crippen molar-refractivity contribution in [2.24, 2.45) is 0 Å². The quantitative estimate of drug-likeness (QED) is 0.164. The molecular weight excluding hydrogens is 728 g/mol. The number of para-hydroxylation sites is 4. The first-order valence-electron chi connectivity index (χ1n) is 18.8. The van der Waals surface area contributed by atoms with Gasteiger partial charge in [-0.25, -0.2) is 14.1 Å². The highest BCUT2D eigenvalue weighted by molar-refractivity contribution is 6.12. The van der Waals surface area contributed by atoms with E-state index in [4.69, 9.17) is 13.1 Å². The normalized spacial score (nSPS) is 11.1. The molecule has 0 saturated heterocycles.